The van der Waals surface area contributed by atoms with Crippen LogP contribution in [-0.2, 0) is 6.42 Å². The lowest BCUT2D eigenvalue weighted by molar-refractivity contribution is 0.103. The van der Waals surface area contributed by atoms with Gasteiger partial charge in [-0.15, -0.1) is 11.3 Å². The molecule has 0 saturated carbocycles. The van der Waals surface area contributed by atoms with Crippen LogP contribution < -0.4 is 0 Å². The number of ketones is 1. The van der Waals surface area contributed by atoms with Crippen molar-refractivity contribution in [2.45, 2.75) is 20.3 Å². The van der Waals surface area contributed by atoms with Crippen LogP contribution in [0.4, 0.5) is 0 Å². The Kier molecular flexibility index (Phi) is 2.73. The monoisotopic (exact) mass is 220 g/mol. The highest BCUT2D eigenvalue weighted by Gasteiger charge is 2.15. The smallest absolute Gasteiger partial charge is 0.197 e. The van der Waals surface area contributed by atoms with E-state index in [1.54, 1.807) is 23.7 Å². The molecule has 78 valence electrons. The van der Waals surface area contributed by atoms with Crippen molar-refractivity contribution in [2.24, 2.45) is 0 Å². The van der Waals surface area contributed by atoms with Crippen LogP contribution in [0.15, 0.2) is 28.2 Å². The summed E-state index contributed by atoms with van der Waals surface area (Å²) in [5.41, 5.74) is 1.45. The Morgan fingerprint density at radius 3 is 2.93 bits per heavy atom. The van der Waals surface area contributed by atoms with Gasteiger partial charge in [0.05, 0.1) is 11.8 Å². The van der Waals surface area contributed by atoms with Crippen molar-refractivity contribution >= 4 is 17.1 Å². The number of rotatable bonds is 3. The van der Waals surface area contributed by atoms with E-state index in [-0.39, 0.29) is 5.78 Å². The third-order valence-electron chi connectivity index (χ3n) is 2.30. The molecule has 0 aliphatic rings. The van der Waals surface area contributed by atoms with Gasteiger partial charge in [0.15, 0.2) is 5.78 Å². The third kappa shape index (κ3) is 1.88. The van der Waals surface area contributed by atoms with Crippen molar-refractivity contribution < 1.29 is 9.21 Å². The molecule has 0 aromatic carbocycles. The minimum absolute atomic E-state index is 0.0601. The average molecular weight is 220 g/mol. The molecule has 0 atom stereocenters. The first kappa shape index (κ1) is 10.2. The zero-order valence-corrected chi connectivity index (χ0v) is 9.56. The molecule has 0 saturated heterocycles. The van der Waals surface area contributed by atoms with Gasteiger partial charge in [-0.25, -0.2) is 0 Å². The maximum Gasteiger partial charge on any atom is 0.197 e. The standard InChI is InChI=1S/C12H12O2S/c1-3-11-10(4-5-14-11)12(13)9-6-8(2)15-7-9/h4-7H,3H2,1-2H3. The Morgan fingerprint density at radius 1 is 1.53 bits per heavy atom. The van der Waals surface area contributed by atoms with Crippen LogP contribution in [0, 0.1) is 6.92 Å². The number of hydrogen-bond acceptors (Lipinski definition) is 3. The Morgan fingerprint density at radius 2 is 2.33 bits per heavy atom. The van der Waals surface area contributed by atoms with E-state index in [0.29, 0.717) is 5.56 Å². The molecule has 2 heterocycles. The fourth-order valence-corrected chi connectivity index (χ4v) is 2.22. The first-order valence-electron chi connectivity index (χ1n) is 4.88. The zero-order valence-electron chi connectivity index (χ0n) is 8.74. The molecule has 2 rings (SSSR count). The summed E-state index contributed by atoms with van der Waals surface area (Å²) in [6.07, 6.45) is 2.32. The van der Waals surface area contributed by atoms with E-state index in [1.807, 2.05) is 25.3 Å². The molecular weight excluding hydrogens is 208 g/mol. The molecule has 0 aliphatic heterocycles. The number of carbonyl (C=O) groups excluding carboxylic acids is 1. The van der Waals surface area contributed by atoms with Crippen molar-refractivity contribution in [3.8, 4) is 0 Å². The molecule has 2 nitrogen and oxygen atoms in total. The molecule has 0 bridgehead atoms. The first-order chi connectivity index (χ1) is 7.22. The summed E-state index contributed by atoms with van der Waals surface area (Å²) < 4.78 is 5.25. The second-order valence-corrected chi connectivity index (χ2v) is 4.50. The number of hydrogen-bond donors (Lipinski definition) is 0. The van der Waals surface area contributed by atoms with Gasteiger partial charge in [-0.2, -0.15) is 0 Å². The van der Waals surface area contributed by atoms with E-state index in [2.05, 4.69) is 0 Å². The molecule has 0 spiro atoms. The molecule has 2 aromatic heterocycles. The number of furan rings is 1. The van der Waals surface area contributed by atoms with Gasteiger partial charge in [-0.05, 0) is 19.1 Å². The van der Waals surface area contributed by atoms with E-state index in [9.17, 15) is 4.79 Å². The molecule has 0 radical (unpaired) electrons. The summed E-state index contributed by atoms with van der Waals surface area (Å²) in [6.45, 7) is 3.98. The Balaban J connectivity index is 2.36. The fraction of sp³-hybridized carbons (Fsp3) is 0.250. The third-order valence-corrected chi connectivity index (χ3v) is 3.17. The molecule has 0 fully saturated rings. The molecule has 0 unspecified atom stereocenters. The van der Waals surface area contributed by atoms with Crippen molar-refractivity contribution in [1.82, 2.24) is 0 Å². The first-order valence-corrected chi connectivity index (χ1v) is 5.76. The summed E-state index contributed by atoms with van der Waals surface area (Å²) in [4.78, 5) is 13.2. The van der Waals surface area contributed by atoms with E-state index >= 15 is 0 Å². The molecule has 3 heteroatoms. The Labute approximate surface area is 92.5 Å². The van der Waals surface area contributed by atoms with Crippen LogP contribution in [0.3, 0.4) is 0 Å². The van der Waals surface area contributed by atoms with Crippen molar-refractivity contribution in [1.29, 1.82) is 0 Å². The van der Waals surface area contributed by atoms with Gasteiger partial charge in [0.25, 0.3) is 0 Å². The molecule has 0 aliphatic carbocycles. The topological polar surface area (TPSA) is 30.2 Å². The highest BCUT2D eigenvalue weighted by Crippen LogP contribution is 2.20. The van der Waals surface area contributed by atoms with Crippen LogP contribution in [-0.4, -0.2) is 5.78 Å². The quantitative estimate of drug-likeness (QED) is 0.742. The van der Waals surface area contributed by atoms with Gasteiger partial charge < -0.3 is 4.42 Å². The fourth-order valence-electron chi connectivity index (χ4n) is 1.53. The molecule has 0 amide bonds. The minimum Gasteiger partial charge on any atom is -0.469 e. The average Bonchev–Trinajstić information content (AvgIpc) is 2.84. The predicted molar refractivity (Wildman–Crippen MR) is 60.6 cm³/mol. The highest BCUT2D eigenvalue weighted by atomic mass is 32.1. The summed E-state index contributed by atoms with van der Waals surface area (Å²) in [7, 11) is 0. The van der Waals surface area contributed by atoms with Gasteiger partial charge in [0.2, 0.25) is 0 Å². The Bertz CT molecular complexity index is 479. The van der Waals surface area contributed by atoms with Gasteiger partial charge >= 0.3 is 0 Å². The lowest BCUT2D eigenvalue weighted by Gasteiger charge is -1.96. The van der Waals surface area contributed by atoms with E-state index in [4.69, 9.17) is 4.42 Å². The minimum atomic E-state index is 0.0601. The summed E-state index contributed by atoms with van der Waals surface area (Å²) in [5.74, 6) is 0.828. The predicted octanol–water partition coefficient (Wildman–Crippen LogP) is 3.44. The van der Waals surface area contributed by atoms with Crippen molar-refractivity contribution in [3.05, 3.63) is 45.5 Å². The zero-order chi connectivity index (χ0) is 10.8. The van der Waals surface area contributed by atoms with Crippen LogP contribution in [0.2, 0.25) is 0 Å². The van der Waals surface area contributed by atoms with Crippen molar-refractivity contribution in [2.75, 3.05) is 0 Å². The van der Waals surface area contributed by atoms with E-state index < -0.39 is 0 Å². The number of carbonyl (C=O) groups is 1. The van der Waals surface area contributed by atoms with E-state index in [1.165, 1.54) is 0 Å². The maximum atomic E-state index is 12.0. The highest BCUT2D eigenvalue weighted by molar-refractivity contribution is 7.10. The number of aryl methyl sites for hydroxylation is 2. The van der Waals surface area contributed by atoms with Gasteiger partial charge in [0, 0.05) is 22.2 Å². The van der Waals surface area contributed by atoms with Crippen LogP contribution in [0.5, 0.6) is 0 Å². The molecule has 15 heavy (non-hydrogen) atoms. The van der Waals surface area contributed by atoms with Crippen LogP contribution >= 0.6 is 11.3 Å². The number of thiophene rings is 1. The van der Waals surface area contributed by atoms with Crippen molar-refractivity contribution in [3.63, 3.8) is 0 Å². The second kappa shape index (κ2) is 4.03. The van der Waals surface area contributed by atoms with Gasteiger partial charge in [-0.1, -0.05) is 6.92 Å². The normalized spacial score (nSPS) is 10.5. The summed E-state index contributed by atoms with van der Waals surface area (Å²) >= 11 is 1.59. The summed E-state index contributed by atoms with van der Waals surface area (Å²) in [6, 6.07) is 3.66. The molecule has 0 N–H and O–H groups in total. The molecular formula is C12H12O2S. The van der Waals surface area contributed by atoms with Crippen LogP contribution in [0.25, 0.3) is 0 Å². The lowest BCUT2D eigenvalue weighted by atomic mass is 10.1. The summed E-state index contributed by atoms with van der Waals surface area (Å²) in [5, 5.41) is 1.89. The largest absolute Gasteiger partial charge is 0.469 e. The maximum absolute atomic E-state index is 12.0. The van der Waals surface area contributed by atoms with E-state index in [0.717, 1.165) is 22.6 Å². The SMILES string of the molecule is CCc1occc1C(=O)c1csc(C)c1. The van der Waals surface area contributed by atoms with Gasteiger partial charge in [-0.3, -0.25) is 4.79 Å². The Hall–Kier alpha value is -1.35. The van der Waals surface area contributed by atoms with Crippen LogP contribution in [0.1, 0.15) is 33.5 Å². The second-order valence-electron chi connectivity index (χ2n) is 3.39. The molecule has 2 aromatic rings. The lowest BCUT2D eigenvalue weighted by Crippen LogP contribution is -2.00. The van der Waals surface area contributed by atoms with Gasteiger partial charge in [0.1, 0.15) is 5.76 Å².